The van der Waals surface area contributed by atoms with Crippen LogP contribution in [0.25, 0.3) is 10.9 Å². The third kappa shape index (κ3) is 2.75. The molecule has 3 heterocycles. The molecular weight excluding hydrogens is 470 g/mol. The largest absolute Gasteiger partial charge is 0.349 e. The first-order valence-electron chi connectivity index (χ1n) is 13.2. The van der Waals surface area contributed by atoms with E-state index in [1.54, 1.807) is 30.5 Å². The molecule has 1 aromatic heterocycles. The number of para-hydroxylation sites is 1. The van der Waals surface area contributed by atoms with Crippen LogP contribution in [-0.4, -0.2) is 24.8 Å². The Hall–Kier alpha value is -2.41. The zero-order valence-electron chi connectivity index (χ0n) is 20.9. The molecular formula is C30H33NO4S. The summed E-state index contributed by atoms with van der Waals surface area (Å²) < 4.78 is 42.3. The maximum atomic E-state index is 13.8. The van der Waals surface area contributed by atoms with E-state index in [-0.39, 0.29) is 40.1 Å². The van der Waals surface area contributed by atoms with Crippen molar-refractivity contribution in [3.63, 3.8) is 0 Å². The van der Waals surface area contributed by atoms with E-state index in [9.17, 15) is 8.42 Å². The topological polar surface area (TPSA) is 57.5 Å². The van der Waals surface area contributed by atoms with Crippen molar-refractivity contribution in [2.45, 2.75) is 69.3 Å². The molecule has 7 rings (SSSR count). The Bertz CT molecular complexity index is 1480. The smallest absolute Gasteiger partial charge is 0.268 e. The molecule has 2 aliphatic heterocycles. The van der Waals surface area contributed by atoms with Gasteiger partial charge >= 0.3 is 0 Å². The highest BCUT2D eigenvalue weighted by Gasteiger charge is 2.71. The first-order valence-corrected chi connectivity index (χ1v) is 14.6. The van der Waals surface area contributed by atoms with Crippen LogP contribution < -0.4 is 0 Å². The zero-order valence-corrected chi connectivity index (χ0v) is 21.7. The van der Waals surface area contributed by atoms with Crippen LogP contribution in [-0.2, 0) is 19.5 Å². The number of nitrogens with zero attached hydrogens (tertiary/aromatic N) is 1. The summed E-state index contributed by atoms with van der Waals surface area (Å²) in [5.74, 6) is 0.701. The van der Waals surface area contributed by atoms with Crippen LogP contribution >= 0.6 is 0 Å². The van der Waals surface area contributed by atoms with Crippen molar-refractivity contribution in [1.29, 1.82) is 0 Å². The number of hydrogen-bond acceptors (Lipinski definition) is 4. The predicted octanol–water partition coefficient (Wildman–Crippen LogP) is 6.45. The molecule has 4 aliphatic rings. The van der Waals surface area contributed by atoms with Gasteiger partial charge in [0.25, 0.3) is 10.0 Å². The van der Waals surface area contributed by atoms with Gasteiger partial charge in [0.2, 0.25) is 0 Å². The lowest BCUT2D eigenvalue weighted by Crippen LogP contribution is -2.61. The van der Waals surface area contributed by atoms with Crippen LogP contribution in [0.4, 0.5) is 0 Å². The summed E-state index contributed by atoms with van der Waals surface area (Å²) >= 11 is 0. The van der Waals surface area contributed by atoms with Gasteiger partial charge in [-0.1, -0.05) is 62.4 Å². The molecule has 4 fully saturated rings. The Balaban J connectivity index is 1.43. The molecule has 2 saturated carbocycles. The predicted molar refractivity (Wildman–Crippen MR) is 139 cm³/mol. The lowest BCUT2D eigenvalue weighted by Gasteiger charge is -2.64. The van der Waals surface area contributed by atoms with Crippen LogP contribution in [0.5, 0.6) is 0 Å². The van der Waals surface area contributed by atoms with Crippen molar-refractivity contribution in [1.82, 2.24) is 3.97 Å². The van der Waals surface area contributed by atoms with Crippen LogP contribution in [0, 0.1) is 22.7 Å². The molecule has 6 heteroatoms. The van der Waals surface area contributed by atoms with Crippen molar-refractivity contribution in [2.24, 2.45) is 22.7 Å². The minimum atomic E-state index is -3.77. The first kappa shape index (κ1) is 22.8. The van der Waals surface area contributed by atoms with E-state index in [1.807, 2.05) is 30.3 Å². The summed E-state index contributed by atoms with van der Waals surface area (Å²) in [6, 6.07) is 16.4. The van der Waals surface area contributed by atoms with Crippen molar-refractivity contribution in [3.8, 4) is 0 Å². The molecule has 188 valence electrons. The molecule has 0 N–H and O–H groups in total. The molecule has 2 aromatic carbocycles. The summed E-state index contributed by atoms with van der Waals surface area (Å²) in [4.78, 5) is 0.277. The normalized spacial score (nSPS) is 37.7. The third-order valence-electron chi connectivity index (χ3n) is 10.3. The minimum absolute atomic E-state index is 0.0326. The second kappa shape index (κ2) is 7.56. The highest BCUT2D eigenvalue weighted by atomic mass is 32.2. The highest BCUT2D eigenvalue weighted by molar-refractivity contribution is 7.90. The minimum Gasteiger partial charge on any atom is -0.349 e. The van der Waals surface area contributed by atoms with E-state index in [1.165, 1.54) is 16.0 Å². The van der Waals surface area contributed by atoms with Crippen molar-refractivity contribution in [2.75, 3.05) is 0 Å². The third-order valence-corrected chi connectivity index (χ3v) is 12.0. The quantitative estimate of drug-likeness (QED) is 0.385. The van der Waals surface area contributed by atoms with Gasteiger partial charge in [-0.25, -0.2) is 12.4 Å². The van der Waals surface area contributed by atoms with Crippen LogP contribution in [0.2, 0.25) is 0 Å². The number of fused-ring (bicyclic) bond motifs is 2. The molecule has 5 nitrogen and oxygen atoms in total. The van der Waals surface area contributed by atoms with Gasteiger partial charge in [0, 0.05) is 34.9 Å². The Labute approximate surface area is 213 Å². The number of benzene rings is 2. The average Bonchev–Trinajstić information content (AvgIpc) is 3.42. The molecule has 2 saturated heterocycles. The Morgan fingerprint density at radius 1 is 1.03 bits per heavy atom. The molecule has 1 unspecified atom stereocenters. The van der Waals surface area contributed by atoms with Gasteiger partial charge in [-0.2, -0.15) is 0 Å². The van der Waals surface area contributed by atoms with Crippen molar-refractivity contribution < 1.29 is 17.9 Å². The fraction of sp³-hybridized carbons (Fsp3) is 0.467. The summed E-state index contributed by atoms with van der Waals surface area (Å²) in [7, 11) is -3.77. The second-order valence-electron chi connectivity index (χ2n) is 11.6. The van der Waals surface area contributed by atoms with Gasteiger partial charge in [0.1, 0.15) is 0 Å². The van der Waals surface area contributed by atoms with Gasteiger partial charge < -0.3 is 9.47 Å². The van der Waals surface area contributed by atoms with E-state index < -0.39 is 10.0 Å². The molecule has 7 atom stereocenters. The average molecular weight is 504 g/mol. The number of aromatic nitrogens is 1. The van der Waals surface area contributed by atoms with Gasteiger partial charge in [-0.15, -0.1) is 0 Å². The number of rotatable bonds is 3. The molecule has 2 aliphatic carbocycles. The summed E-state index contributed by atoms with van der Waals surface area (Å²) in [6.45, 7) is 9.47. The van der Waals surface area contributed by atoms with Gasteiger partial charge in [0.05, 0.1) is 22.6 Å². The Kier molecular flexibility index (Phi) is 4.78. The summed E-state index contributed by atoms with van der Waals surface area (Å²) in [5, 5.41) is 0.917. The zero-order chi connectivity index (χ0) is 24.9. The van der Waals surface area contributed by atoms with Gasteiger partial charge in [-0.3, -0.25) is 0 Å². The monoisotopic (exact) mass is 503 g/mol. The van der Waals surface area contributed by atoms with Crippen molar-refractivity contribution >= 4 is 20.9 Å². The molecule has 0 radical (unpaired) electrons. The molecule has 0 amide bonds. The van der Waals surface area contributed by atoms with Crippen molar-refractivity contribution in [3.05, 3.63) is 78.5 Å². The maximum Gasteiger partial charge on any atom is 0.268 e. The van der Waals surface area contributed by atoms with E-state index >= 15 is 0 Å². The van der Waals surface area contributed by atoms with Gasteiger partial charge in [0.15, 0.2) is 6.29 Å². The summed E-state index contributed by atoms with van der Waals surface area (Å²) in [5.41, 5.74) is 2.94. The Morgan fingerprint density at radius 3 is 2.58 bits per heavy atom. The van der Waals surface area contributed by atoms with E-state index in [4.69, 9.17) is 9.47 Å². The lowest BCUT2D eigenvalue weighted by molar-refractivity contribution is -0.193. The highest BCUT2D eigenvalue weighted by Crippen LogP contribution is 2.73. The fourth-order valence-corrected chi connectivity index (χ4v) is 9.73. The fourth-order valence-electron chi connectivity index (χ4n) is 8.33. The number of hydrogen-bond donors (Lipinski definition) is 0. The molecule has 36 heavy (non-hydrogen) atoms. The molecule has 1 spiro atoms. The van der Waals surface area contributed by atoms with E-state index in [2.05, 4.69) is 20.4 Å². The lowest BCUT2D eigenvalue weighted by atomic mass is 9.40. The van der Waals surface area contributed by atoms with E-state index in [0.29, 0.717) is 11.4 Å². The standard InChI is InChI=1S/C30H33NO4S/c1-19-15-16-29(3)20(2)13-14-25-30(29)17-26(34-25)35-28(27(19)30)23-18-31(24-12-8-7-11-22(23)24)36(32,33)21-9-5-4-6-10-21/h4-12,18,20,25-28H,1,13-17H2,2-3H3/t20-,25+,26?,27+,28+,29+,30+/m1/s1. The SMILES string of the molecule is C=C1CC[C@@]2(C)[C@H](C)CC[C@@H]3OC4C[C@@]32[C@@H]1[C@H](c1cn(S(=O)(=O)c2ccccc2)c2ccccc12)O4. The molecule has 3 aromatic rings. The second-order valence-corrected chi connectivity index (χ2v) is 13.4. The maximum absolute atomic E-state index is 13.8. The molecule has 2 bridgehead atoms. The van der Waals surface area contributed by atoms with E-state index in [0.717, 1.165) is 36.6 Å². The van der Waals surface area contributed by atoms with Gasteiger partial charge in [-0.05, 0) is 55.2 Å². The van der Waals surface area contributed by atoms with Crippen LogP contribution in [0.1, 0.15) is 57.6 Å². The Morgan fingerprint density at radius 2 is 1.78 bits per heavy atom. The van der Waals surface area contributed by atoms with Crippen LogP contribution in [0.3, 0.4) is 0 Å². The number of ether oxygens (including phenoxy) is 2. The summed E-state index contributed by atoms with van der Waals surface area (Å²) in [6.07, 6.45) is 6.66. The first-order chi connectivity index (χ1) is 17.3. The van der Waals surface area contributed by atoms with Crippen LogP contribution in [0.15, 0.2) is 77.8 Å².